The number of esters is 1. The fourth-order valence-corrected chi connectivity index (χ4v) is 7.26. The maximum Gasteiger partial charge on any atom is 0.306 e. The normalized spacial score (nSPS) is 26.3. The van der Waals surface area contributed by atoms with Crippen molar-refractivity contribution in [2.75, 3.05) is 26.3 Å². The third-order valence-corrected chi connectivity index (χ3v) is 9.51. The van der Waals surface area contributed by atoms with Crippen molar-refractivity contribution in [2.45, 2.75) is 89.1 Å². The quantitative estimate of drug-likeness (QED) is 0.201. The van der Waals surface area contributed by atoms with Crippen LogP contribution in [0.1, 0.15) is 70.9 Å². The molecular weight excluding hydrogens is 574 g/mol. The third kappa shape index (κ3) is 6.87. The smallest absolute Gasteiger partial charge is 0.306 e. The molecule has 10 nitrogen and oxygen atoms in total. The summed E-state index contributed by atoms with van der Waals surface area (Å²) in [6.45, 7) is 13.8. The standard InChI is InChI=1S/C35H49N3O7/c1-6-9-16-28(40)44-22-25(24-14-12-11-13-15-24)36-32(41)29-27-17-18-35(45-27)30(29)33(42)38(26(21-39)23(4)5)31(35)34(43)37(19-8-3)20-10-7-2/h6,8,11-15,23,25-27,29-31,39H,1,3,7,9-10,16-22H2,2,4-5H3,(H,36,41)/t25-,26+,27-,29+,30+,31-,35+/m1/s1. The van der Waals surface area contributed by atoms with Crippen molar-refractivity contribution in [3.63, 3.8) is 0 Å². The summed E-state index contributed by atoms with van der Waals surface area (Å²) in [5.74, 6) is -3.24. The third-order valence-electron chi connectivity index (χ3n) is 9.51. The number of aliphatic hydroxyl groups is 1. The van der Waals surface area contributed by atoms with Gasteiger partial charge in [-0.2, -0.15) is 0 Å². The summed E-state index contributed by atoms with van der Waals surface area (Å²) >= 11 is 0. The van der Waals surface area contributed by atoms with Crippen LogP contribution in [0.3, 0.4) is 0 Å². The monoisotopic (exact) mass is 623 g/mol. The first-order valence-electron chi connectivity index (χ1n) is 16.3. The number of allylic oxidation sites excluding steroid dienone is 1. The number of benzene rings is 1. The molecule has 3 heterocycles. The molecule has 3 amide bonds. The summed E-state index contributed by atoms with van der Waals surface area (Å²) in [4.78, 5) is 58.6. The summed E-state index contributed by atoms with van der Waals surface area (Å²) in [6.07, 6.45) is 6.10. The van der Waals surface area contributed by atoms with Gasteiger partial charge < -0.3 is 29.7 Å². The van der Waals surface area contributed by atoms with Crippen LogP contribution < -0.4 is 5.32 Å². The Morgan fingerprint density at radius 3 is 2.58 bits per heavy atom. The highest BCUT2D eigenvalue weighted by Crippen LogP contribution is 2.59. The van der Waals surface area contributed by atoms with Crippen LogP contribution in [0.4, 0.5) is 0 Å². The largest absolute Gasteiger partial charge is 0.463 e. The highest BCUT2D eigenvalue weighted by Gasteiger charge is 2.75. The molecule has 1 aromatic rings. The highest BCUT2D eigenvalue weighted by molar-refractivity contribution is 5.99. The van der Waals surface area contributed by atoms with Gasteiger partial charge in [-0.3, -0.25) is 19.2 Å². The number of rotatable bonds is 17. The number of hydrogen-bond donors (Lipinski definition) is 2. The van der Waals surface area contributed by atoms with E-state index in [1.807, 2.05) is 51.1 Å². The lowest BCUT2D eigenvalue weighted by Crippen LogP contribution is -2.59. The van der Waals surface area contributed by atoms with E-state index in [0.717, 1.165) is 18.4 Å². The average molecular weight is 624 g/mol. The molecule has 3 aliphatic heterocycles. The zero-order valence-electron chi connectivity index (χ0n) is 26.9. The van der Waals surface area contributed by atoms with Crippen molar-refractivity contribution in [1.29, 1.82) is 0 Å². The Balaban J connectivity index is 1.67. The SMILES string of the molecule is C=CCCC(=O)OC[C@@H](NC(=O)[C@@H]1[C@H]2C(=O)N([C@@H](CO)C(C)C)[C@H](C(=O)N(CC=C)CCCC)[C@]23CC[C@H]1O3)c1ccccc1. The lowest BCUT2D eigenvalue weighted by atomic mass is 9.70. The molecule has 0 radical (unpaired) electrons. The van der Waals surface area contributed by atoms with Crippen molar-refractivity contribution >= 4 is 23.7 Å². The number of carbonyl (C=O) groups is 4. The molecule has 246 valence electrons. The first-order chi connectivity index (χ1) is 21.6. The van der Waals surface area contributed by atoms with E-state index < -0.39 is 47.6 Å². The van der Waals surface area contributed by atoms with Gasteiger partial charge in [-0.15, -0.1) is 13.2 Å². The van der Waals surface area contributed by atoms with E-state index in [4.69, 9.17) is 9.47 Å². The second-order valence-electron chi connectivity index (χ2n) is 12.7. The zero-order chi connectivity index (χ0) is 32.7. The topological polar surface area (TPSA) is 125 Å². The van der Waals surface area contributed by atoms with E-state index in [0.29, 0.717) is 32.4 Å². The fraction of sp³-hybridized carbons (Fsp3) is 0.600. The number of ether oxygens (including phenoxy) is 2. The minimum absolute atomic E-state index is 0.0746. The second-order valence-corrected chi connectivity index (χ2v) is 12.7. The molecule has 1 aromatic carbocycles. The van der Waals surface area contributed by atoms with E-state index in [1.54, 1.807) is 17.1 Å². The van der Waals surface area contributed by atoms with Crippen LogP contribution in [0.25, 0.3) is 0 Å². The highest BCUT2D eigenvalue weighted by atomic mass is 16.5. The van der Waals surface area contributed by atoms with Gasteiger partial charge in [-0.05, 0) is 37.2 Å². The van der Waals surface area contributed by atoms with Gasteiger partial charge in [0.25, 0.3) is 0 Å². The number of likely N-dealkylation sites (tertiary alicyclic amines) is 1. The van der Waals surface area contributed by atoms with Crippen LogP contribution in [-0.4, -0.2) is 88.7 Å². The summed E-state index contributed by atoms with van der Waals surface area (Å²) in [7, 11) is 0. The summed E-state index contributed by atoms with van der Waals surface area (Å²) in [5, 5.41) is 13.5. The number of amides is 3. The first kappa shape index (κ1) is 34.4. The molecule has 0 aromatic heterocycles. The van der Waals surface area contributed by atoms with E-state index in [9.17, 15) is 24.3 Å². The Morgan fingerprint density at radius 1 is 1.22 bits per heavy atom. The van der Waals surface area contributed by atoms with Crippen LogP contribution in [0, 0.1) is 17.8 Å². The van der Waals surface area contributed by atoms with Crippen molar-refractivity contribution < 1.29 is 33.8 Å². The predicted octanol–water partition coefficient (Wildman–Crippen LogP) is 3.56. The van der Waals surface area contributed by atoms with Crippen LogP contribution in [-0.2, 0) is 28.7 Å². The van der Waals surface area contributed by atoms with Gasteiger partial charge in [0.15, 0.2) is 0 Å². The fourth-order valence-electron chi connectivity index (χ4n) is 7.26. The zero-order valence-corrected chi connectivity index (χ0v) is 26.9. The molecular formula is C35H49N3O7. The van der Waals surface area contributed by atoms with E-state index in [1.165, 1.54) is 4.90 Å². The number of hydrogen-bond acceptors (Lipinski definition) is 7. The number of nitrogens with zero attached hydrogens (tertiary/aromatic N) is 2. The minimum atomic E-state index is -1.19. The molecule has 1 spiro atoms. The molecule has 45 heavy (non-hydrogen) atoms. The van der Waals surface area contributed by atoms with Gasteiger partial charge in [-0.25, -0.2) is 0 Å². The first-order valence-corrected chi connectivity index (χ1v) is 16.3. The lowest BCUT2D eigenvalue weighted by Gasteiger charge is -2.40. The van der Waals surface area contributed by atoms with E-state index in [2.05, 4.69) is 18.5 Å². The molecule has 3 saturated heterocycles. The number of nitrogens with one attached hydrogen (secondary N) is 1. The minimum Gasteiger partial charge on any atom is -0.463 e. The molecule has 3 fully saturated rings. The van der Waals surface area contributed by atoms with E-state index in [-0.39, 0.29) is 43.3 Å². The molecule has 4 rings (SSSR count). The van der Waals surface area contributed by atoms with Gasteiger partial charge in [-0.1, -0.05) is 69.7 Å². The van der Waals surface area contributed by atoms with Crippen molar-refractivity contribution in [3.05, 3.63) is 61.2 Å². The summed E-state index contributed by atoms with van der Waals surface area (Å²) < 4.78 is 12.1. The van der Waals surface area contributed by atoms with Gasteiger partial charge in [0, 0.05) is 19.5 Å². The summed E-state index contributed by atoms with van der Waals surface area (Å²) in [6, 6.07) is 6.99. The maximum absolute atomic E-state index is 14.5. The molecule has 0 aliphatic carbocycles. The molecule has 3 aliphatic rings. The molecule has 0 saturated carbocycles. The van der Waals surface area contributed by atoms with Crippen LogP contribution in [0.15, 0.2) is 55.6 Å². The predicted molar refractivity (Wildman–Crippen MR) is 170 cm³/mol. The molecule has 2 N–H and O–H groups in total. The maximum atomic E-state index is 14.5. The Hall–Kier alpha value is -3.50. The van der Waals surface area contributed by atoms with Crippen molar-refractivity contribution in [2.24, 2.45) is 17.8 Å². The Labute approximate surface area is 266 Å². The lowest BCUT2D eigenvalue weighted by molar-refractivity contribution is -0.152. The molecule has 7 atom stereocenters. The molecule has 2 bridgehead atoms. The summed E-state index contributed by atoms with van der Waals surface area (Å²) in [5.41, 5.74) is -0.432. The van der Waals surface area contributed by atoms with Crippen molar-refractivity contribution in [3.8, 4) is 0 Å². The van der Waals surface area contributed by atoms with Gasteiger partial charge in [0.2, 0.25) is 17.7 Å². The van der Waals surface area contributed by atoms with Gasteiger partial charge in [0.1, 0.15) is 18.2 Å². The Bertz CT molecular complexity index is 1240. The number of carbonyl (C=O) groups excluding carboxylic acids is 4. The van der Waals surface area contributed by atoms with Gasteiger partial charge in [0.05, 0.1) is 36.6 Å². The number of unbranched alkanes of at least 4 members (excludes halogenated alkanes) is 1. The van der Waals surface area contributed by atoms with Crippen LogP contribution >= 0.6 is 0 Å². The number of aliphatic hydroxyl groups excluding tert-OH is 1. The van der Waals surface area contributed by atoms with Crippen LogP contribution in [0.5, 0.6) is 0 Å². The average Bonchev–Trinajstić information content (AvgIpc) is 3.68. The molecule has 0 unspecified atom stereocenters. The van der Waals surface area contributed by atoms with Crippen LogP contribution in [0.2, 0.25) is 0 Å². The second kappa shape index (κ2) is 15.2. The number of fused-ring (bicyclic) bond motifs is 1. The Kier molecular flexibility index (Phi) is 11.6. The molecule has 10 heteroatoms. The van der Waals surface area contributed by atoms with E-state index >= 15 is 0 Å². The van der Waals surface area contributed by atoms with Gasteiger partial charge >= 0.3 is 5.97 Å². The van der Waals surface area contributed by atoms with Crippen molar-refractivity contribution in [1.82, 2.24) is 15.1 Å². The Morgan fingerprint density at radius 2 is 1.96 bits per heavy atom.